The molecule has 0 spiro atoms. The zero-order valence-corrected chi connectivity index (χ0v) is 9.99. The normalized spacial score (nSPS) is 14.5. The second kappa shape index (κ2) is 5.65. The first-order valence-corrected chi connectivity index (χ1v) is 5.50. The molecule has 0 aromatic carbocycles. The minimum atomic E-state index is -0.464. The molecule has 0 unspecified atom stereocenters. The van der Waals surface area contributed by atoms with Crippen molar-refractivity contribution in [2.45, 2.75) is 39.8 Å². The van der Waals surface area contributed by atoms with Crippen molar-refractivity contribution < 1.29 is 9.32 Å². The quantitative estimate of drug-likeness (QED) is 0.782. The predicted molar refractivity (Wildman–Crippen MR) is 60.5 cm³/mol. The standard InChI is InChI=1S/C11H19N3O2/c1-4-7(2)10(12)11(15)13-6-9-5-8(3)14-16-9/h5,7,10H,4,6,12H2,1-3H3,(H,13,15)/t7-,10-/m0/s1. The summed E-state index contributed by atoms with van der Waals surface area (Å²) in [6.07, 6.45) is 0.885. The fourth-order valence-corrected chi connectivity index (χ4v) is 1.30. The Morgan fingerprint density at radius 2 is 2.38 bits per heavy atom. The first kappa shape index (κ1) is 12.7. The van der Waals surface area contributed by atoms with E-state index in [1.807, 2.05) is 20.8 Å². The Morgan fingerprint density at radius 1 is 1.69 bits per heavy atom. The SMILES string of the molecule is CC[C@H](C)[C@H](N)C(=O)NCc1cc(C)no1. The second-order valence-corrected chi connectivity index (χ2v) is 4.06. The van der Waals surface area contributed by atoms with Crippen LogP contribution < -0.4 is 11.1 Å². The number of carbonyl (C=O) groups excluding carboxylic acids is 1. The predicted octanol–water partition coefficient (Wildman–Crippen LogP) is 0.973. The smallest absolute Gasteiger partial charge is 0.237 e. The minimum Gasteiger partial charge on any atom is -0.359 e. The van der Waals surface area contributed by atoms with Gasteiger partial charge in [0, 0.05) is 6.07 Å². The van der Waals surface area contributed by atoms with Crippen molar-refractivity contribution in [2.75, 3.05) is 0 Å². The summed E-state index contributed by atoms with van der Waals surface area (Å²) in [5.41, 5.74) is 6.58. The first-order chi connectivity index (χ1) is 7.54. The molecule has 0 aliphatic rings. The average Bonchev–Trinajstić information content (AvgIpc) is 2.69. The molecular weight excluding hydrogens is 206 g/mol. The van der Waals surface area contributed by atoms with E-state index in [1.54, 1.807) is 6.07 Å². The average molecular weight is 225 g/mol. The molecule has 0 saturated heterocycles. The number of hydrogen-bond donors (Lipinski definition) is 2. The molecule has 5 nitrogen and oxygen atoms in total. The molecule has 5 heteroatoms. The van der Waals surface area contributed by atoms with Crippen LogP contribution in [0.5, 0.6) is 0 Å². The molecule has 0 radical (unpaired) electrons. The van der Waals surface area contributed by atoms with Gasteiger partial charge in [0.1, 0.15) is 0 Å². The Morgan fingerprint density at radius 3 is 2.88 bits per heavy atom. The van der Waals surface area contributed by atoms with Gasteiger partial charge in [-0.3, -0.25) is 4.79 Å². The highest BCUT2D eigenvalue weighted by molar-refractivity contribution is 5.81. The van der Waals surface area contributed by atoms with Gasteiger partial charge >= 0.3 is 0 Å². The maximum absolute atomic E-state index is 11.6. The van der Waals surface area contributed by atoms with Crippen LogP contribution in [0.4, 0.5) is 0 Å². The maximum Gasteiger partial charge on any atom is 0.237 e. The molecule has 3 N–H and O–H groups in total. The summed E-state index contributed by atoms with van der Waals surface area (Å²) in [4.78, 5) is 11.6. The molecule has 90 valence electrons. The van der Waals surface area contributed by atoms with E-state index < -0.39 is 6.04 Å². The fraction of sp³-hybridized carbons (Fsp3) is 0.636. The monoisotopic (exact) mass is 225 g/mol. The molecular formula is C11H19N3O2. The van der Waals surface area contributed by atoms with E-state index in [4.69, 9.17) is 10.3 Å². The van der Waals surface area contributed by atoms with Gasteiger partial charge in [0.25, 0.3) is 0 Å². The van der Waals surface area contributed by atoms with Crippen LogP contribution in [0.15, 0.2) is 10.6 Å². The fourth-order valence-electron chi connectivity index (χ4n) is 1.30. The van der Waals surface area contributed by atoms with Crippen molar-refractivity contribution in [3.05, 3.63) is 17.5 Å². The molecule has 16 heavy (non-hydrogen) atoms. The Labute approximate surface area is 95.4 Å². The molecule has 1 amide bonds. The lowest BCUT2D eigenvalue weighted by Crippen LogP contribution is -2.44. The molecule has 1 aromatic heterocycles. The number of nitrogens with two attached hydrogens (primary N) is 1. The summed E-state index contributed by atoms with van der Waals surface area (Å²) in [5.74, 6) is 0.669. The number of nitrogens with zero attached hydrogens (tertiary/aromatic N) is 1. The summed E-state index contributed by atoms with van der Waals surface area (Å²) in [5, 5.41) is 6.46. The second-order valence-electron chi connectivity index (χ2n) is 4.06. The van der Waals surface area contributed by atoms with Crippen LogP contribution in [0, 0.1) is 12.8 Å². The van der Waals surface area contributed by atoms with Crippen LogP contribution in [-0.4, -0.2) is 17.1 Å². The van der Waals surface area contributed by atoms with Crippen molar-refractivity contribution in [3.63, 3.8) is 0 Å². The van der Waals surface area contributed by atoms with Crippen molar-refractivity contribution >= 4 is 5.91 Å². The van der Waals surface area contributed by atoms with Crippen molar-refractivity contribution in [2.24, 2.45) is 11.7 Å². The number of amides is 1. The van der Waals surface area contributed by atoms with E-state index in [9.17, 15) is 4.79 Å². The number of carbonyl (C=O) groups is 1. The van der Waals surface area contributed by atoms with E-state index in [-0.39, 0.29) is 11.8 Å². The number of rotatable bonds is 5. The van der Waals surface area contributed by atoms with Gasteiger partial charge < -0.3 is 15.6 Å². The van der Waals surface area contributed by atoms with Crippen LogP contribution in [0.3, 0.4) is 0 Å². The molecule has 0 bridgehead atoms. The molecule has 1 rings (SSSR count). The minimum absolute atomic E-state index is 0.150. The van der Waals surface area contributed by atoms with Crippen molar-refractivity contribution in [1.29, 1.82) is 0 Å². The summed E-state index contributed by atoms with van der Waals surface area (Å²) < 4.78 is 4.98. The lowest BCUT2D eigenvalue weighted by atomic mass is 9.99. The largest absolute Gasteiger partial charge is 0.359 e. The Balaban J connectivity index is 2.40. The van der Waals surface area contributed by atoms with Crippen LogP contribution in [0.25, 0.3) is 0 Å². The van der Waals surface area contributed by atoms with Gasteiger partial charge in [-0.15, -0.1) is 0 Å². The third-order valence-corrected chi connectivity index (χ3v) is 2.67. The van der Waals surface area contributed by atoms with E-state index in [2.05, 4.69) is 10.5 Å². The van der Waals surface area contributed by atoms with Crippen LogP contribution in [0.1, 0.15) is 31.7 Å². The number of aromatic nitrogens is 1. The number of aryl methyl sites for hydroxylation is 1. The molecule has 0 saturated carbocycles. The van der Waals surface area contributed by atoms with Gasteiger partial charge in [-0.1, -0.05) is 25.4 Å². The van der Waals surface area contributed by atoms with E-state index >= 15 is 0 Å². The lowest BCUT2D eigenvalue weighted by Gasteiger charge is -2.16. The third-order valence-electron chi connectivity index (χ3n) is 2.67. The van der Waals surface area contributed by atoms with Crippen LogP contribution in [-0.2, 0) is 11.3 Å². The van der Waals surface area contributed by atoms with Crippen molar-refractivity contribution in [1.82, 2.24) is 10.5 Å². The number of nitrogens with one attached hydrogen (secondary N) is 1. The van der Waals surface area contributed by atoms with Gasteiger partial charge in [-0.2, -0.15) is 0 Å². The molecule has 0 fully saturated rings. The molecule has 2 atom stereocenters. The highest BCUT2D eigenvalue weighted by Gasteiger charge is 2.19. The van der Waals surface area contributed by atoms with Crippen LogP contribution in [0.2, 0.25) is 0 Å². The Bertz CT molecular complexity index is 349. The topological polar surface area (TPSA) is 81.2 Å². The van der Waals surface area contributed by atoms with E-state index in [0.717, 1.165) is 12.1 Å². The van der Waals surface area contributed by atoms with Gasteiger partial charge in [0.15, 0.2) is 5.76 Å². The summed E-state index contributed by atoms with van der Waals surface area (Å²) >= 11 is 0. The number of hydrogen-bond acceptors (Lipinski definition) is 4. The third kappa shape index (κ3) is 3.34. The van der Waals surface area contributed by atoms with Crippen molar-refractivity contribution in [3.8, 4) is 0 Å². The molecule has 1 aromatic rings. The first-order valence-electron chi connectivity index (χ1n) is 5.50. The maximum atomic E-state index is 11.6. The molecule has 1 heterocycles. The molecule has 0 aliphatic heterocycles. The lowest BCUT2D eigenvalue weighted by molar-refractivity contribution is -0.123. The summed E-state index contributed by atoms with van der Waals surface area (Å²) in [6, 6.07) is 1.32. The highest BCUT2D eigenvalue weighted by Crippen LogP contribution is 2.06. The van der Waals surface area contributed by atoms with Gasteiger partial charge in [0.2, 0.25) is 5.91 Å². The highest BCUT2D eigenvalue weighted by atomic mass is 16.5. The van der Waals surface area contributed by atoms with Crippen LogP contribution >= 0.6 is 0 Å². The summed E-state index contributed by atoms with van der Waals surface area (Å²) in [7, 11) is 0. The van der Waals surface area contributed by atoms with E-state index in [0.29, 0.717) is 12.3 Å². The van der Waals surface area contributed by atoms with Gasteiger partial charge in [0.05, 0.1) is 18.3 Å². The van der Waals surface area contributed by atoms with Gasteiger partial charge in [-0.25, -0.2) is 0 Å². The Hall–Kier alpha value is -1.36. The zero-order valence-electron chi connectivity index (χ0n) is 9.99. The Kier molecular flexibility index (Phi) is 4.49. The van der Waals surface area contributed by atoms with Gasteiger partial charge in [-0.05, 0) is 12.8 Å². The summed E-state index contributed by atoms with van der Waals surface area (Å²) in [6.45, 7) is 6.14. The van der Waals surface area contributed by atoms with E-state index in [1.165, 1.54) is 0 Å². The zero-order chi connectivity index (χ0) is 12.1. The molecule has 0 aliphatic carbocycles.